The van der Waals surface area contributed by atoms with E-state index in [1.165, 1.54) is 39.0 Å². The van der Waals surface area contributed by atoms with Gasteiger partial charge in [0.05, 0.1) is 50.6 Å². The maximum atomic E-state index is 12.7. The molecule has 0 saturated carbocycles. The van der Waals surface area contributed by atoms with Gasteiger partial charge in [0.1, 0.15) is 18.2 Å². The normalized spacial score (nSPS) is 18.5. The fourth-order valence-corrected chi connectivity index (χ4v) is 4.81. The summed E-state index contributed by atoms with van der Waals surface area (Å²) in [6.07, 6.45) is 6.22. The molecule has 0 radical (unpaired) electrons. The van der Waals surface area contributed by atoms with Gasteiger partial charge >= 0.3 is 0 Å². The molecule has 1 aromatic heterocycles. The Morgan fingerprint density at radius 1 is 1.07 bits per heavy atom. The highest BCUT2D eigenvalue weighted by Gasteiger charge is 2.24. The summed E-state index contributed by atoms with van der Waals surface area (Å²) >= 11 is 6.56. The lowest BCUT2D eigenvalue weighted by atomic mass is 10.2. The standard InChI is InChI=1S/C23H30ClN5O/c1-19-21(23(24)29(25-19)20-7-3-2-4-8-20)9-10-22(30)28-17-15-27(16-18-28)14-13-26-11-5-6-12-26/h2-4,7-10H,5-6,11-18H2,1H3/p+2/b10-9+. The molecule has 1 aromatic carbocycles. The zero-order valence-electron chi connectivity index (χ0n) is 17.7. The third-order valence-corrected chi connectivity index (χ3v) is 6.73. The minimum Gasteiger partial charge on any atom is -0.330 e. The van der Waals surface area contributed by atoms with Crippen molar-refractivity contribution in [2.75, 3.05) is 52.4 Å². The van der Waals surface area contributed by atoms with Gasteiger partial charge < -0.3 is 14.7 Å². The summed E-state index contributed by atoms with van der Waals surface area (Å²) in [5, 5.41) is 5.07. The minimum absolute atomic E-state index is 0.0575. The van der Waals surface area contributed by atoms with E-state index in [2.05, 4.69) is 5.10 Å². The van der Waals surface area contributed by atoms with Crippen LogP contribution in [0.1, 0.15) is 24.1 Å². The zero-order valence-corrected chi connectivity index (χ0v) is 18.5. The number of carbonyl (C=O) groups is 1. The number of nitrogens with one attached hydrogen (secondary N) is 2. The molecular formula is C23H32ClN5O+2. The highest BCUT2D eigenvalue weighted by Crippen LogP contribution is 2.24. The topological polar surface area (TPSA) is 47.0 Å². The first kappa shape index (κ1) is 21.1. The van der Waals surface area contributed by atoms with Crippen LogP contribution in [0.25, 0.3) is 11.8 Å². The maximum absolute atomic E-state index is 12.7. The number of benzene rings is 1. The molecule has 3 heterocycles. The smallest absolute Gasteiger partial charge is 0.246 e. The van der Waals surface area contributed by atoms with Crippen molar-refractivity contribution < 1.29 is 14.6 Å². The second-order valence-electron chi connectivity index (χ2n) is 8.40. The average molecular weight is 430 g/mol. The van der Waals surface area contributed by atoms with E-state index in [-0.39, 0.29) is 5.91 Å². The summed E-state index contributed by atoms with van der Waals surface area (Å²) in [6, 6.07) is 9.79. The Kier molecular flexibility index (Phi) is 6.87. The Morgan fingerprint density at radius 3 is 2.37 bits per heavy atom. The molecule has 160 valence electrons. The highest BCUT2D eigenvalue weighted by molar-refractivity contribution is 6.31. The molecule has 1 amide bonds. The predicted octanol–water partition coefficient (Wildman–Crippen LogP) is 0.253. The van der Waals surface area contributed by atoms with Crippen LogP contribution in [0, 0.1) is 6.92 Å². The van der Waals surface area contributed by atoms with E-state index in [1.807, 2.05) is 48.2 Å². The number of aromatic nitrogens is 2. The van der Waals surface area contributed by atoms with Gasteiger partial charge in [-0.15, -0.1) is 0 Å². The van der Waals surface area contributed by atoms with E-state index >= 15 is 0 Å². The van der Waals surface area contributed by atoms with E-state index < -0.39 is 0 Å². The van der Waals surface area contributed by atoms with Gasteiger partial charge in [-0.3, -0.25) is 4.79 Å². The van der Waals surface area contributed by atoms with E-state index in [0.29, 0.717) is 5.15 Å². The van der Waals surface area contributed by atoms with Gasteiger partial charge in [0.25, 0.3) is 0 Å². The number of hydrogen-bond acceptors (Lipinski definition) is 2. The largest absolute Gasteiger partial charge is 0.330 e. The van der Waals surface area contributed by atoms with Crippen LogP contribution in [0.15, 0.2) is 36.4 Å². The third-order valence-electron chi connectivity index (χ3n) is 6.37. The number of amides is 1. The summed E-state index contributed by atoms with van der Waals surface area (Å²) in [6.45, 7) is 10.8. The van der Waals surface area contributed by atoms with Crippen LogP contribution in [0.3, 0.4) is 0 Å². The molecule has 0 unspecified atom stereocenters. The first-order chi connectivity index (χ1) is 14.6. The van der Waals surface area contributed by atoms with Crippen molar-refractivity contribution in [2.24, 2.45) is 0 Å². The van der Waals surface area contributed by atoms with Crippen molar-refractivity contribution in [3.05, 3.63) is 52.8 Å². The Balaban J connectivity index is 1.32. The molecular weight excluding hydrogens is 398 g/mol. The van der Waals surface area contributed by atoms with Crippen LogP contribution in [0.5, 0.6) is 0 Å². The molecule has 7 heteroatoms. The number of aryl methyl sites for hydroxylation is 1. The summed E-state index contributed by atoms with van der Waals surface area (Å²) in [4.78, 5) is 18.0. The second-order valence-corrected chi connectivity index (χ2v) is 8.76. The minimum atomic E-state index is 0.0575. The molecule has 2 aliphatic rings. The summed E-state index contributed by atoms with van der Waals surface area (Å²) in [5.74, 6) is 0.0575. The number of carbonyl (C=O) groups excluding carboxylic acids is 1. The molecule has 2 fully saturated rings. The van der Waals surface area contributed by atoms with Crippen LogP contribution in [-0.2, 0) is 4.79 Å². The molecule has 2 aliphatic heterocycles. The maximum Gasteiger partial charge on any atom is 0.246 e. The Hall–Kier alpha value is -2.15. The van der Waals surface area contributed by atoms with Crippen LogP contribution < -0.4 is 9.80 Å². The Labute approximate surface area is 183 Å². The van der Waals surface area contributed by atoms with Crippen molar-refractivity contribution in [3.8, 4) is 5.69 Å². The van der Waals surface area contributed by atoms with Gasteiger partial charge in [-0.25, -0.2) is 4.68 Å². The SMILES string of the molecule is Cc1nn(-c2ccccc2)c(Cl)c1/C=C/C(=O)N1CC[NH+](CC[NH+]2CCCC2)CC1. The lowest BCUT2D eigenvalue weighted by molar-refractivity contribution is -0.954. The second kappa shape index (κ2) is 9.77. The summed E-state index contributed by atoms with van der Waals surface area (Å²) in [5.41, 5.74) is 2.52. The van der Waals surface area contributed by atoms with Crippen molar-refractivity contribution >= 4 is 23.6 Å². The number of para-hydroxylation sites is 1. The van der Waals surface area contributed by atoms with Gasteiger partial charge in [-0.1, -0.05) is 29.8 Å². The lowest BCUT2D eigenvalue weighted by Gasteiger charge is -2.31. The van der Waals surface area contributed by atoms with Crippen LogP contribution in [0.4, 0.5) is 0 Å². The van der Waals surface area contributed by atoms with E-state index in [4.69, 9.17) is 11.6 Å². The molecule has 30 heavy (non-hydrogen) atoms. The monoisotopic (exact) mass is 429 g/mol. The Morgan fingerprint density at radius 2 is 1.70 bits per heavy atom. The molecule has 0 atom stereocenters. The number of nitrogens with zero attached hydrogens (tertiary/aromatic N) is 3. The molecule has 4 rings (SSSR count). The zero-order chi connectivity index (χ0) is 20.9. The summed E-state index contributed by atoms with van der Waals surface area (Å²) in [7, 11) is 0. The lowest BCUT2D eigenvalue weighted by Crippen LogP contribution is -3.21. The fraction of sp³-hybridized carbons (Fsp3) is 0.478. The number of rotatable bonds is 6. The molecule has 2 N–H and O–H groups in total. The number of halogens is 1. The van der Waals surface area contributed by atoms with E-state index in [0.717, 1.165) is 43.1 Å². The van der Waals surface area contributed by atoms with Gasteiger partial charge in [0.2, 0.25) is 5.91 Å². The first-order valence-electron chi connectivity index (χ1n) is 11.1. The van der Waals surface area contributed by atoms with Crippen molar-refractivity contribution in [3.63, 3.8) is 0 Å². The van der Waals surface area contributed by atoms with Gasteiger partial charge in [0, 0.05) is 24.5 Å². The van der Waals surface area contributed by atoms with E-state index in [1.54, 1.807) is 20.6 Å². The fourth-order valence-electron chi connectivity index (χ4n) is 4.47. The highest BCUT2D eigenvalue weighted by atomic mass is 35.5. The van der Waals surface area contributed by atoms with E-state index in [9.17, 15) is 4.79 Å². The van der Waals surface area contributed by atoms with Crippen molar-refractivity contribution in [1.29, 1.82) is 0 Å². The molecule has 6 nitrogen and oxygen atoms in total. The van der Waals surface area contributed by atoms with Crippen molar-refractivity contribution in [1.82, 2.24) is 14.7 Å². The van der Waals surface area contributed by atoms with Gasteiger partial charge in [-0.2, -0.15) is 5.10 Å². The Bertz CT molecular complexity index is 880. The number of likely N-dealkylation sites (tertiary alicyclic amines) is 1. The first-order valence-corrected chi connectivity index (χ1v) is 11.4. The molecule has 0 bridgehead atoms. The molecule has 0 spiro atoms. The van der Waals surface area contributed by atoms with Crippen molar-refractivity contribution in [2.45, 2.75) is 19.8 Å². The predicted molar refractivity (Wildman–Crippen MR) is 119 cm³/mol. The van der Waals surface area contributed by atoms with Crippen LogP contribution in [-0.4, -0.2) is 72.9 Å². The molecule has 2 saturated heterocycles. The average Bonchev–Trinajstić information content (AvgIpc) is 3.39. The molecule has 2 aromatic rings. The van der Waals surface area contributed by atoms with Crippen LogP contribution in [0.2, 0.25) is 5.15 Å². The third kappa shape index (κ3) is 4.94. The number of piperazine rings is 1. The number of quaternary nitrogens is 2. The number of hydrogen-bond donors (Lipinski definition) is 2. The summed E-state index contributed by atoms with van der Waals surface area (Å²) < 4.78 is 1.71. The van der Waals surface area contributed by atoms with Crippen LogP contribution >= 0.6 is 11.6 Å². The van der Waals surface area contributed by atoms with Gasteiger partial charge in [-0.05, 0) is 25.1 Å². The molecule has 0 aliphatic carbocycles. The quantitative estimate of drug-likeness (QED) is 0.647. The van der Waals surface area contributed by atoms with Gasteiger partial charge in [0.15, 0.2) is 0 Å².